The fraction of sp³-hybridized carbons (Fsp3) is 0.400. The van der Waals surface area contributed by atoms with E-state index < -0.39 is 10.0 Å². The predicted molar refractivity (Wildman–Crippen MR) is 50.3 cm³/mol. The second-order valence-electron chi connectivity index (χ2n) is 2.65. The van der Waals surface area contributed by atoms with E-state index in [1.807, 2.05) is 0 Å². The van der Waals surface area contributed by atoms with E-state index in [1.165, 1.54) is 22.2 Å². The van der Waals surface area contributed by atoms with Crippen LogP contribution in [0.4, 0.5) is 0 Å². The second kappa shape index (κ2) is 3.26. The van der Waals surface area contributed by atoms with Crippen LogP contribution in [0.3, 0.4) is 0 Å². The first-order valence-electron chi connectivity index (χ1n) is 3.65. The zero-order valence-electron chi connectivity index (χ0n) is 7.21. The average molecular weight is 233 g/mol. The molecule has 0 unspecified atom stereocenters. The van der Waals surface area contributed by atoms with Crippen LogP contribution in [-0.2, 0) is 16.6 Å². The van der Waals surface area contributed by atoms with Gasteiger partial charge in [0.1, 0.15) is 11.3 Å². The van der Waals surface area contributed by atoms with E-state index in [9.17, 15) is 8.42 Å². The normalized spacial score (nSPS) is 12.4. The smallest absolute Gasteiger partial charge is 0.213 e. The van der Waals surface area contributed by atoms with Crippen LogP contribution >= 0.6 is 11.3 Å². The van der Waals surface area contributed by atoms with Crippen LogP contribution in [0.1, 0.15) is 5.01 Å². The lowest BCUT2D eigenvalue weighted by molar-refractivity contribution is 0.587. The van der Waals surface area contributed by atoms with Gasteiger partial charge in [-0.05, 0) is 0 Å². The van der Waals surface area contributed by atoms with Crippen molar-refractivity contribution in [3.63, 3.8) is 0 Å². The Morgan fingerprint density at radius 2 is 2.43 bits per heavy atom. The monoisotopic (exact) mass is 233 g/mol. The maximum atomic E-state index is 10.8. The van der Waals surface area contributed by atoms with Gasteiger partial charge in [-0.3, -0.25) is 0 Å². The molecule has 0 atom stereocenters. The number of hydrogen-bond acceptors (Lipinski definition) is 6. The van der Waals surface area contributed by atoms with Gasteiger partial charge in [0.25, 0.3) is 0 Å². The van der Waals surface area contributed by atoms with Crippen LogP contribution in [0.2, 0.25) is 0 Å². The topological polar surface area (TPSA) is 89.2 Å². The number of fused-ring (bicyclic) bond motifs is 1. The third-order valence-electron chi connectivity index (χ3n) is 1.41. The largest absolute Gasteiger partial charge is 0.234 e. The molecule has 0 aliphatic heterocycles. The first-order valence-corrected chi connectivity index (χ1v) is 6.36. The van der Waals surface area contributed by atoms with Crippen molar-refractivity contribution < 1.29 is 8.42 Å². The SMILES string of the molecule is CS(=O)(=O)NCc1nn2cnnc2s1. The van der Waals surface area contributed by atoms with E-state index in [4.69, 9.17) is 0 Å². The summed E-state index contributed by atoms with van der Waals surface area (Å²) in [4.78, 5) is 0.648. The Hall–Kier alpha value is -1.06. The molecule has 0 radical (unpaired) electrons. The van der Waals surface area contributed by atoms with Crippen molar-refractivity contribution in [3.05, 3.63) is 11.3 Å². The van der Waals surface area contributed by atoms with Crippen molar-refractivity contribution in [1.82, 2.24) is 24.5 Å². The third-order valence-corrected chi connectivity index (χ3v) is 3.00. The summed E-state index contributed by atoms with van der Waals surface area (Å²) in [6.07, 6.45) is 2.57. The second-order valence-corrected chi connectivity index (χ2v) is 5.52. The van der Waals surface area contributed by atoms with Gasteiger partial charge in [0.05, 0.1) is 12.8 Å². The highest BCUT2D eigenvalue weighted by Gasteiger charge is 2.07. The van der Waals surface area contributed by atoms with Gasteiger partial charge in [-0.2, -0.15) is 9.61 Å². The fourth-order valence-electron chi connectivity index (χ4n) is 0.865. The van der Waals surface area contributed by atoms with Gasteiger partial charge in [-0.1, -0.05) is 11.3 Å². The van der Waals surface area contributed by atoms with Gasteiger partial charge >= 0.3 is 0 Å². The van der Waals surface area contributed by atoms with Crippen LogP contribution in [0.25, 0.3) is 4.96 Å². The molecular weight excluding hydrogens is 226 g/mol. The maximum Gasteiger partial charge on any atom is 0.234 e. The summed E-state index contributed by atoms with van der Waals surface area (Å²) < 4.78 is 25.4. The molecule has 14 heavy (non-hydrogen) atoms. The summed E-state index contributed by atoms with van der Waals surface area (Å²) in [5.41, 5.74) is 0. The first-order chi connectivity index (χ1) is 6.54. The minimum atomic E-state index is -3.17. The molecular formula is C5H7N5O2S2. The Balaban J connectivity index is 2.16. The molecule has 9 heteroatoms. The molecule has 76 valence electrons. The fourth-order valence-corrected chi connectivity index (χ4v) is 2.11. The van der Waals surface area contributed by atoms with Crippen LogP contribution in [0.5, 0.6) is 0 Å². The van der Waals surface area contributed by atoms with Crippen LogP contribution in [-0.4, -0.2) is 34.5 Å². The number of hydrogen-bond donors (Lipinski definition) is 1. The van der Waals surface area contributed by atoms with E-state index in [2.05, 4.69) is 20.0 Å². The number of aromatic nitrogens is 4. The summed E-state index contributed by atoms with van der Waals surface area (Å²) in [5.74, 6) is 0. The molecule has 2 aromatic heterocycles. The van der Waals surface area contributed by atoms with Gasteiger partial charge in [0.15, 0.2) is 0 Å². The molecule has 0 bridgehead atoms. The summed E-state index contributed by atoms with van der Waals surface area (Å²) in [6, 6.07) is 0. The molecule has 1 N–H and O–H groups in total. The molecule has 2 aromatic rings. The number of nitrogens with zero attached hydrogens (tertiary/aromatic N) is 4. The molecule has 7 nitrogen and oxygen atoms in total. The first kappa shape index (κ1) is 9.49. The quantitative estimate of drug-likeness (QED) is 0.752. The number of sulfonamides is 1. The minimum absolute atomic E-state index is 0.187. The third kappa shape index (κ3) is 2.05. The Labute approximate surface area is 83.8 Å². The molecule has 0 aromatic carbocycles. The van der Waals surface area contributed by atoms with Gasteiger partial charge in [-0.15, -0.1) is 10.2 Å². The number of nitrogens with one attached hydrogen (secondary N) is 1. The molecule has 2 rings (SSSR count). The highest BCUT2D eigenvalue weighted by Crippen LogP contribution is 2.10. The van der Waals surface area contributed by atoms with Gasteiger partial charge < -0.3 is 0 Å². The van der Waals surface area contributed by atoms with E-state index in [0.29, 0.717) is 9.97 Å². The van der Waals surface area contributed by atoms with Gasteiger partial charge in [0.2, 0.25) is 15.0 Å². The van der Waals surface area contributed by atoms with Crippen LogP contribution < -0.4 is 4.72 Å². The van der Waals surface area contributed by atoms with Crippen molar-refractivity contribution in [2.75, 3.05) is 6.26 Å². The standard InChI is InChI=1S/C5H7N5O2S2/c1-14(11,12)7-2-4-9-10-3-6-8-5(10)13-4/h3,7H,2H2,1H3. The zero-order valence-corrected chi connectivity index (χ0v) is 8.84. The number of rotatable bonds is 3. The molecule has 0 spiro atoms. The maximum absolute atomic E-state index is 10.8. The lowest BCUT2D eigenvalue weighted by atomic mass is 10.7. The molecule has 0 fully saturated rings. The lowest BCUT2D eigenvalue weighted by Crippen LogP contribution is -2.21. The summed E-state index contributed by atoms with van der Waals surface area (Å²) in [5, 5.41) is 12.1. The Bertz CT molecular complexity index is 513. The van der Waals surface area contributed by atoms with Crippen molar-refractivity contribution in [2.24, 2.45) is 0 Å². The van der Waals surface area contributed by atoms with Crippen molar-refractivity contribution in [3.8, 4) is 0 Å². The van der Waals surface area contributed by atoms with E-state index in [0.717, 1.165) is 6.26 Å². The Kier molecular flexibility index (Phi) is 2.21. The lowest BCUT2D eigenvalue weighted by Gasteiger charge is -1.96. The average Bonchev–Trinajstić information content (AvgIpc) is 2.56. The Morgan fingerprint density at radius 3 is 3.07 bits per heavy atom. The molecule has 0 aliphatic rings. The van der Waals surface area contributed by atoms with Crippen LogP contribution in [0, 0.1) is 0 Å². The molecule has 0 saturated heterocycles. The highest BCUT2D eigenvalue weighted by atomic mass is 32.2. The van der Waals surface area contributed by atoms with Crippen molar-refractivity contribution in [1.29, 1.82) is 0 Å². The predicted octanol–water partition coefficient (Wildman–Crippen LogP) is -0.765. The molecule has 0 saturated carbocycles. The molecule has 2 heterocycles. The van der Waals surface area contributed by atoms with Crippen LogP contribution in [0.15, 0.2) is 6.33 Å². The van der Waals surface area contributed by atoms with Gasteiger partial charge in [-0.25, -0.2) is 13.1 Å². The van der Waals surface area contributed by atoms with E-state index in [1.54, 1.807) is 0 Å². The molecule has 0 amide bonds. The van der Waals surface area contributed by atoms with Crippen molar-refractivity contribution >= 4 is 26.3 Å². The zero-order chi connectivity index (χ0) is 10.2. The highest BCUT2D eigenvalue weighted by molar-refractivity contribution is 7.88. The van der Waals surface area contributed by atoms with E-state index in [-0.39, 0.29) is 6.54 Å². The Morgan fingerprint density at radius 1 is 1.64 bits per heavy atom. The van der Waals surface area contributed by atoms with E-state index >= 15 is 0 Å². The summed E-state index contributed by atoms with van der Waals surface area (Å²) in [6.45, 7) is 0.187. The summed E-state index contributed by atoms with van der Waals surface area (Å²) >= 11 is 1.30. The van der Waals surface area contributed by atoms with Crippen molar-refractivity contribution in [2.45, 2.75) is 6.54 Å². The van der Waals surface area contributed by atoms with Gasteiger partial charge in [0, 0.05) is 0 Å². The minimum Gasteiger partial charge on any atom is -0.213 e. The molecule has 0 aliphatic carbocycles. The summed E-state index contributed by atoms with van der Waals surface area (Å²) in [7, 11) is -3.17.